The predicted octanol–water partition coefficient (Wildman–Crippen LogP) is 4.80. The molecule has 0 aromatic carbocycles. The van der Waals surface area contributed by atoms with Crippen molar-refractivity contribution in [2.24, 2.45) is 52.3 Å². The van der Waals surface area contributed by atoms with E-state index in [2.05, 4.69) is 0 Å². The Labute approximate surface area is 151 Å². The number of ketones is 1. The van der Waals surface area contributed by atoms with Gasteiger partial charge < -0.3 is 4.79 Å². The number of aldehydes is 1. The molecule has 0 saturated heterocycles. The average Bonchev–Trinajstić information content (AvgIpc) is 2.51. The van der Waals surface area contributed by atoms with Crippen molar-refractivity contribution < 1.29 is 9.59 Å². The summed E-state index contributed by atoms with van der Waals surface area (Å²) < 4.78 is 0. The van der Waals surface area contributed by atoms with Crippen LogP contribution in [0.4, 0.5) is 0 Å². The summed E-state index contributed by atoms with van der Waals surface area (Å²) >= 11 is 0. The number of carbonyl (C=O) groups is 2. The zero-order valence-electron chi connectivity index (χ0n) is 15.4. The van der Waals surface area contributed by atoms with Gasteiger partial charge in [-0.15, -0.1) is 0 Å². The molecule has 0 radical (unpaired) electrons. The predicted molar refractivity (Wildman–Crippen MR) is 95.8 cm³/mol. The van der Waals surface area contributed by atoms with Crippen molar-refractivity contribution in [3.05, 3.63) is 0 Å². The van der Waals surface area contributed by atoms with E-state index in [1.807, 2.05) is 0 Å². The number of hydrogen-bond acceptors (Lipinski definition) is 2. The highest BCUT2D eigenvalue weighted by molar-refractivity contribution is 5.87. The van der Waals surface area contributed by atoms with E-state index in [-0.39, 0.29) is 11.3 Å². The van der Waals surface area contributed by atoms with Crippen LogP contribution in [0.5, 0.6) is 0 Å². The summed E-state index contributed by atoms with van der Waals surface area (Å²) in [5.41, 5.74) is 0.0820. The molecule has 2 heteroatoms. The van der Waals surface area contributed by atoms with Crippen LogP contribution in [-0.2, 0) is 9.59 Å². The molecule has 0 aromatic heterocycles. The number of rotatable bonds is 4. The first kappa shape index (κ1) is 15.4. The van der Waals surface area contributed by atoms with Gasteiger partial charge in [-0.25, -0.2) is 0 Å². The van der Waals surface area contributed by atoms with Crippen LogP contribution in [0, 0.1) is 52.3 Å². The monoisotopic (exact) mass is 340 g/mol. The summed E-state index contributed by atoms with van der Waals surface area (Å²) in [6, 6.07) is 0. The van der Waals surface area contributed by atoms with E-state index >= 15 is 0 Å². The van der Waals surface area contributed by atoms with E-state index in [0.29, 0.717) is 17.1 Å². The second-order valence-corrected chi connectivity index (χ2v) is 11.5. The van der Waals surface area contributed by atoms with Gasteiger partial charge in [-0.05, 0) is 112 Å². The molecule has 0 N–H and O–H groups in total. The Morgan fingerprint density at radius 1 is 0.760 bits per heavy atom. The molecule has 2 nitrogen and oxygen atoms in total. The van der Waals surface area contributed by atoms with E-state index in [1.165, 1.54) is 64.1 Å². The lowest BCUT2D eigenvalue weighted by molar-refractivity contribution is -0.162. The van der Waals surface area contributed by atoms with Crippen LogP contribution < -0.4 is 0 Å². The molecule has 8 aliphatic rings. The highest BCUT2D eigenvalue weighted by atomic mass is 16.1. The lowest BCUT2D eigenvalue weighted by Crippen LogP contribution is -2.57. The first-order valence-electron chi connectivity index (χ1n) is 11.1. The Morgan fingerprint density at radius 3 is 1.72 bits per heavy atom. The van der Waals surface area contributed by atoms with Crippen molar-refractivity contribution >= 4 is 12.1 Å². The fourth-order valence-corrected chi connectivity index (χ4v) is 9.84. The minimum atomic E-state index is -0.256. The third-order valence-corrected chi connectivity index (χ3v) is 9.66. The van der Waals surface area contributed by atoms with Crippen LogP contribution in [0.25, 0.3) is 0 Å². The maximum Gasteiger partial charge on any atom is 0.137 e. The summed E-state index contributed by atoms with van der Waals surface area (Å²) in [6.45, 7) is 0. The number of hydrogen-bond donors (Lipinski definition) is 0. The Hall–Kier alpha value is -0.660. The van der Waals surface area contributed by atoms with Gasteiger partial charge in [0.05, 0.1) is 0 Å². The summed E-state index contributed by atoms with van der Waals surface area (Å²) in [5, 5.41) is 0. The van der Waals surface area contributed by atoms with Crippen LogP contribution in [0.15, 0.2) is 0 Å². The van der Waals surface area contributed by atoms with E-state index in [0.717, 1.165) is 48.9 Å². The summed E-state index contributed by atoms with van der Waals surface area (Å²) in [5.74, 6) is 5.37. The molecular weight excluding hydrogens is 308 g/mol. The van der Waals surface area contributed by atoms with Gasteiger partial charge in [-0.2, -0.15) is 0 Å². The van der Waals surface area contributed by atoms with Crippen molar-refractivity contribution in [1.82, 2.24) is 0 Å². The molecule has 8 aliphatic carbocycles. The normalized spacial score (nSPS) is 57.8. The van der Waals surface area contributed by atoms with Crippen LogP contribution >= 0.6 is 0 Å². The second kappa shape index (κ2) is 4.98. The smallest absolute Gasteiger partial charge is 0.137 e. The molecule has 3 atom stereocenters. The summed E-state index contributed by atoms with van der Waals surface area (Å²) in [4.78, 5) is 25.8. The average molecular weight is 341 g/mol. The van der Waals surface area contributed by atoms with E-state index in [9.17, 15) is 9.59 Å². The van der Waals surface area contributed by atoms with Gasteiger partial charge in [0.2, 0.25) is 0 Å². The SMILES string of the molecule is O=CC12CC3CC(CC(C3)C1C(=O)CC13CC4CC(CC(C4)C1)C3)C2. The molecule has 0 aliphatic heterocycles. The minimum Gasteiger partial charge on any atom is -0.303 e. The zero-order valence-corrected chi connectivity index (χ0v) is 15.4. The summed E-state index contributed by atoms with van der Waals surface area (Å²) in [7, 11) is 0. The Kier molecular flexibility index (Phi) is 3.07. The van der Waals surface area contributed by atoms with Crippen LogP contribution in [0.2, 0.25) is 0 Å². The molecule has 25 heavy (non-hydrogen) atoms. The molecule has 0 aromatic rings. The molecule has 8 bridgehead atoms. The Morgan fingerprint density at radius 2 is 1.24 bits per heavy atom. The van der Waals surface area contributed by atoms with Gasteiger partial charge in [-0.3, -0.25) is 4.79 Å². The maximum absolute atomic E-state index is 13.6. The molecule has 0 amide bonds. The largest absolute Gasteiger partial charge is 0.303 e. The van der Waals surface area contributed by atoms with Crippen LogP contribution in [-0.4, -0.2) is 12.1 Å². The molecular formula is C23H32O2. The number of carbonyl (C=O) groups excluding carboxylic acids is 2. The van der Waals surface area contributed by atoms with Gasteiger partial charge in [0.25, 0.3) is 0 Å². The van der Waals surface area contributed by atoms with Crippen molar-refractivity contribution in [2.45, 2.75) is 77.0 Å². The van der Waals surface area contributed by atoms with E-state index in [1.54, 1.807) is 0 Å². The van der Waals surface area contributed by atoms with Crippen LogP contribution in [0.1, 0.15) is 77.0 Å². The first-order chi connectivity index (χ1) is 12.1. The zero-order chi connectivity index (χ0) is 16.8. The fraction of sp³-hybridized carbons (Fsp3) is 0.913. The van der Waals surface area contributed by atoms with Crippen molar-refractivity contribution in [3.8, 4) is 0 Å². The highest BCUT2D eigenvalue weighted by Gasteiger charge is 2.60. The van der Waals surface area contributed by atoms with Crippen molar-refractivity contribution in [2.75, 3.05) is 0 Å². The van der Waals surface area contributed by atoms with Gasteiger partial charge in [0, 0.05) is 17.8 Å². The Bertz CT molecular complexity index is 570. The van der Waals surface area contributed by atoms with Gasteiger partial charge in [-0.1, -0.05) is 0 Å². The van der Waals surface area contributed by atoms with Crippen molar-refractivity contribution in [1.29, 1.82) is 0 Å². The quantitative estimate of drug-likeness (QED) is 0.689. The lowest BCUT2D eigenvalue weighted by Gasteiger charge is -2.60. The van der Waals surface area contributed by atoms with E-state index in [4.69, 9.17) is 0 Å². The highest BCUT2D eigenvalue weighted by Crippen LogP contribution is 2.65. The minimum absolute atomic E-state index is 0.0887. The second-order valence-electron chi connectivity index (χ2n) is 11.5. The van der Waals surface area contributed by atoms with Gasteiger partial charge in [0.1, 0.15) is 12.1 Å². The van der Waals surface area contributed by atoms with E-state index < -0.39 is 0 Å². The first-order valence-corrected chi connectivity index (χ1v) is 11.1. The lowest BCUT2D eigenvalue weighted by atomic mass is 9.43. The number of Topliss-reactive ketones (excluding diaryl/α,β-unsaturated/α-hetero) is 1. The topological polar surface area (TPSA) is 34.1 Å². The van der Waals surface area contributed by atoms with Gasteiger partial charge in [0.15, 0.2) is 0 Å². The van der Waals surface area contributed by atoms with Crippen molar-refractivity contribution in [3.63, 3.8) is 0 Å². The molecule has 8 saturated carbocycles. The Balaban J connectivity index is 1.28. The molecule has 3 unspecified atom stereocenters. The molecule has 0 spiro atoms. The van der Waals surface area contributed by atoms with Crippen LogP contribution in [0.3, 0.4) is 0 Å². The fourth-order valence-electron chi connectivity index (χ4n) is 9.84. The molecule has 0 heterocycles. The van der Waals surface area contributed by atoms with Gasteiger partial charge >= 0.3 is 0 Å². The molecule has 136 valence electrons. The maximum atomic E-state index is 13.6. The third kappa shape index (κ3) is 2.15. The molecule has 8 rings (SSSR count). The molecule has 8 fully saturated rings. The summed E-state index contributed by atoms with van der Waals surface area (Å²) in [6.07, 6.45) is 16.2. The third-order valence-electron chi connectivity index (χ3n) is 9.66. The standard InChI is InChI=1S/C23H32O2/c24-13-23-10-17-4-18(11-23)6-19(5-17)21(23)20(25)12-22-7-14-1-15(8-22)3-16(2-14)9-22/h13-19,21H,1-12H2.